The number of carbonyl (C=O) groups is 2. The van der Waals surface area contributed by atoms with Crippen LogP contribution >= 0.6 is 11.8 Å². The lowest BCUT2D eigenvalue weighted by molar-refractivity contribution is -0.146. The van der Waals surface area contributed by atoms with Gasteiger partial charge in [0.05, 0.1) is 5.92 Å². The van der Waals surface area contributed by atoms with Crippen molar-refractivity contribution in [3.63, 3.8) is 0 Å². The average Bonchev–Trinajstić information content (AvgIpc) is 2.56. The lowest BCUT2D eigenvalue weighted by Gasteiger charge is -2.34. The summed E-state index contributed by atoms with van der Waals surface area (Å²) in [5.41, 5.74) is 0.943. The Kier molecular flexibility index (Phi) is 5.20. The summed E-state index contributed by atoms with van der Waals surface area (Å²) in [7, 11) is 0. The van der Waals surface area contributed by atoms with E-state index in [0.29, 0.717) is 12.8 Å². The van der Waals surface area contributed by atoms with Gasteiger partial charge in [-0.05, 0) is 30.5 Å². The van der Waals surface area contributed by atoms with E-state index in [4.69, 9.17) is 5.11 Å². The maximum Gasteiger partial charge on any atom is 0.306 e. The van der Waals surface area contributed by atoms with Crippen molar-refractivity contribution in [1.82, 2.24) is 5.32 Å². The lowest BCUT2D eigenvalue weighted by atomic mass is 9.80. The third-order valence-electron chi connectivity index (χ3n) is 4.17. The molecule has 0 saturated heterocycles. The van der Waals surface area contributed by atoms with Gasteiger partial charge in [-0.1, -0.05) is 48.5 Å². The van der Waals surface area contributed by atoms with Crippen molar-refractivity contribution in [1.29, 1.82) is 0 Å². The first kappa shape index (κ1) is 16.6. The number of amides is 1. The van der Waals surface area contributed by atoms with E-state index in [2.05, 4.69) is 5.32 Å². The Morgan fingerprint density at radius 2 is 1.58 bits per heavy atom. The van der Waals surface area contributed by atoms with E-state index < -0.39 is 5.97 Å². The van der Waals surface area contributed by atoms with Crippen LogP contribution in [0.3, 0.4) is 0 Å². The van der Waals surface area contributed by atoms with Crippen LogP contribution in [0.15, 0.2) is 65.6 Å². The quantitative estimate of drug-likeness (QED) is 0.789. The van der Waals surface area contributed by atoms with Crippen LogP contribution in [0, 0.1) is 5.92 Å². The molecule has 0 spiro atoms. The number of nitrogens with one attached hydrogen (secondary N) is 1. The first-order chi connectivity index (χ1) is 11.6. The highest BCUT2D eigenvalue weighted by Crippen LogP contribution is 2.36. The fourth-order valence-electron chi connectivity index (χ4n) is 2.75. The van der Waals surface area contributed by atoms with Gasteiger partial charge in [0.15, 0.2) is 0 Å². The number of carboxylic acid groups (broad SMARTS) is 1. The van der Waals surface area contributed by atoms with Crippen LogP contribution in [-0.2, 0) is 9.59 Å². The SMILES string of the molecule is O=C(O)C1CC(NC(=O)C(Sc2ccccc2)c2ccccc2)C1. The summed E-state index contributed by atoms with van der Waals surface area (Å²) < 4.78 is 0. The minimum Gasteiger partial charge on any atom is -0.481 e. The van der Waals surface area contributed by atoms with Crippen molar-refractivity contribution in [3.8, 4) is 0 Å². The van der Waals surface area contributed by atoms with Crippen LogP contribution in [0.25, 0.3) is 0 Å². The summed E-state index contributed by atoms with van der Waals surface area (Å²) in [6.07, 6.45) is 1.02. The van der Waals surface area contributed by atoms with Gasteiger partial charge in [-0.25, -0.2) is 0 Å². The monoisotopic (exact) mass is 341 g/mol. The van der Waals surface area contributed by atoms with Gasteiger partial charge >= 0.3 is 5.97 Å². The van der Waals surface area contributed by atoms with Gasteiger partial charge < -0.3 is 10.4 Å². The van der Waals surface area contributed by atoms with Gasteiger partial charge in [0.1, 0.15) is 5.25 Å². The molecule has 1 unspecified atom stereocenters. The molecule has 1 saturated carbocycles. The van der Waals surface area contributed by atoms with Crippen molar-refractivity contribution < 1.29 is 14.7 Å². The molecule has 0 aromatic heterocycles. The molecule has 4 nitrogen and oxygen atoms in total. The average molecular weight is 341 g/mol. The van der Waals surface area contributed by atoms with Gasteiger partial charge in [0, 0.05) is 10.9 Å². The summed E-state index contributed by atoms with van der Waals surface area (Å²) in [5, 5.41) is 11.6. The van der Waals surface area contributed by atoms with Crippen LogP contribution in [0.5, 0.6) is 0 Å². The van der Waals surface area contributed by atoms with E-state index in [1.54, 1.807) is 0 Å². The minimum atomic E-state index is -0.779. The van der Waals surface area contributed by atoms with Gasteiger partial charge in [-0.3, -0.25) is 9.59 Å². The summed E-state index contributed by atoms with van der Waals surface area (Å²) in [5.74, 6) is -1.17. The molecule has 1 amide bonds. The summed E-state index contributed by atoms with van der Waals surface area (Å²) >= 11 is 1.51. The molecule has 2 aromatic rings. The number of hydrogen-bond acceptors (Lipinski definition) is 3. The molecule has 24 heavy (non-hydrogen) atoms. The Labute approximate surface area is 145 Å². The fourth-order valence-corrected chi connectivity index (χ4v) is 3.80. The minimum absolute atomic E-state index is 0.0406. The molecule has 1 fully saturated rings. The highest BCUT2D eigenvalue weighted by atomic mass is 32.2. The molecule has 0 heterocycles. The van der Waals surface area contributed by atoms with Crippen molar-refractivity contribution in [3.05, 3.63) is 66.2 Å². The van der Waals surface area contributed by atoms with E-state index >= 15 is 0 Å². The Hall–Kier alpha value is -2.27. The van der Waals surface area contributed by atoms with E-state index in [-0.39, 0.29) is 23.1 Å². The Balaban J connectivity index is 1.70. The number of aliphatic carboxylic acids is 1. The number of hydrogen-bond donors (Lipinski definition) is 2. The van der Waals surface area contributed by atoms with Crippen LogP contribution in [0.2, 0.25) is 0 Å². The molecule has 5 heteroatoms. The van der Waals surface area contributed by atoms with E-state index in [1.165, 1.54) is 11.8 Å². The lowest BCUT2D eigenvalue weighted by Crippen LogP contribution is -2.47. The Morgan fingerprint density at radius 3 is 2.17 bits per heavy atom. The number of benzene rings is 2. The summed E-state index contributed by atoms with van der Waals surface area (Å²) in [6.45, 7) is 0. The number of carbonyl (C=O) groups excluding carboxylic acids is 1. The normalized spacial score (nSPS) is 20.7. The highest BCUT2D eigenvalue weighted by molar-refractivity contribution is 8.00. The van der Waals surface area contributed by atoms with Gasteiger partial charge in [0.25, 0.3) is 0 Å². The summed E-state index contributed by atoms with van der Waals surface area (Å²) in [4.78, 5) is 24.7. The maximum atomic E-state index is 12.7. The highest BCUT2D eigenvalue weighted by Gasteiger charge is 2.36. The molecule has 1 atom stereocenters. The predicted molar refractivity (Wildman–Crippen MR) is 93.8 cm³/mol. The summed E-state index contributed by atoms with van der Waals surface area (Å²) in [6, 6.07) is 19.4. The standard InChI is InChI=1S/C19H19NO3S/c21-18(20-15-11-14(12-15)19(22)23)17(13-7-3-1-4-8-13)24-16-9-5-2-6-10-16/h1-10,14-15,17H,11-12H2,(H,20,21)(H,22,23). The molecule has 0 radical (unpaired) electrons. The molecular formula is C19H19NO3S. The third kappa shape index (κ3) is 3.97. The molecule has 1 aliphatic rings. The van der Waals surface area contributed by atoms with Crippen LogP contribution in [0.1, 0.15) is 23.7 Å². The van der Waals surface area contributed by atoms with Gasteiger partial charge in [-0.15, -0.1) is 11.8 Å². The van der Waals surface area contributed by atoms with Crippen molar-refractivity contribution in [2.45, 2.75) is 29.0 Å². The van der Waals surface area contributed by atoms with E-state index in [0.717, 1.165) is 10.5 Å². The number of rotatable bonds is 6. The Bertz CT molecular complexity index is 699. The van der Waals surface area contributed by atoms with E-state index in [1.807, 2.05) is 60.7 Å². The second kappa shape index (κ2) is 7.53. The zero-order chi connectivity index (χ0) is 16.9. The van der Waals surface area contributed by atoms with Crippen LogP contribution in [-0.4, -0.2) is 23.0 Å². The van der Waals surface area contributed by atoms with Gasteiger partial charge in [0.2, 0.25) is 5.91 Å². The first-order valence-electron chi connectivity index (χ1n) is 7.93. The largest absolute Gasteiger partial charge is 0.481 e. The third-order valence-corrected chi connectivity index (χ3v) is 5.44. The predicted octanol–water partition coefficient (Wildman–Crippen LogP) is 3.50. The van der Waals surface area contributed by atoms with Crippen molar-refractivity contribution >= 4 is 23.6 Å². The molecule has 2 aromatic carbocycles. The molecule has 0 aliphatic heterocycles. The molecule has 0 bridgehead atoms. The van der Waals surface area contributed by atoms with E-state index in [9.17, 15) is 9.59 Å². The molecule has 124 valence electrons. The van der Waals surface area contributed by atoms with Crippen LogP contribution in [0.4, 0.5) is 0 Å². The second-order valence-corrected chi connectivity index (χ2v) is 7.11. The zero-order valence-corrected chi connectivity index (χ0v) is 13.9. The number of carboxylic acids is 1. The maximum absolute atomic E-state index is 12.7. The Morgan fingerprint density at radius 1 is 1.00 bits per heavy atom. The molecular weight excluding hydrogens is 322 g/mol. The fraction of sp³-hybridized carbons (Fsp3) is 0.263. The topological polar surface area (TPSA) is 66.4 Å². The smallest absolute Gasteiger partial charge is 0.306 e. The van der Waals surface area contributed by atoms with Gasteiger partial charge in [-0.2, -0.15) is 0 Å². The zero-order valence-electron chi connectivity index (χ0n) is 13.1. The first-order valence-corrected chi connectivity index (χ1v) is 8.81. The molecule has 2 N–H and O–H groups in total. The second-order valence-electron chi connectivity index (χ2n) is 5.93. The van der Waals surface area contributed by atoms with Crippen LogP contribution < -0.4 is 5.32 Å². The molecule has 1 aliphatic carbocycles. The van der Waals surface area contributed by atoms with Crippen molar-refractivity contribution in [2.75, 3.05) is 0 Å². The molecule has 3 rings (SSSR count). The number of thioether (sulfide) groups is 1. The van der Waals surface area contributed by atoms with Crippen molar-refractivity contribution in [2.24, 2.45) is 5.92 Å².